The van der Waals surface area contributed by atoms with Crippen molar-refractivity contribution < 1.29 is 9.53 Å². The van der Waals surface area contributed by atoms with Crippen LogP contribution in [0.5, 0.6) is 5.75 Å². The number of nitrogens with one attached hydrogen (secondary N) is 1. The summed E-state index contributed by atoms with van der Waals surface area (Å²) in [6.45, 7) is 3.69. The lowest BCUT2D eigenvalue weighted by atomic mass is 10.3. The van der Waals surface area contributed by atoms with Gasteiger partial charge >= 0.3 is 0 Å². The van der Waals surface area contributed by atoms with Gasteiger partial charge in [-0.15, -0.1) is 10.2 Å². The van der Waals surface area contributed by atoms with Gasteiger partial charge in [-0.2, -0.15) is 0 Å². The maximum absolute atomic E-state index is 12.0. The van der Waals surface area contributed by atoms with Crippen LogP contribution in [0.2, 0.25) is 0 Å². The topological polar surface area (TPSA) is 64.1 Å². The van der Waals surface area contributed by atoms with Crippen molar-refractivity contribution in [2.45, 2.75) is 26.4 Å². The van der Waals surface area contributed by atoms with Crippen LogP contribution >= 0.6 is 27.3 Å². The Bertz CT molecular complexity index is 586. The summed E-state index contributed by atoms with van der Waals surface area (Å²) in [7, 11) is 0. The summed E-state index contributed by atoms with van der Waals surface area (Å²) >= 11 is 4.72. The van der Waals surface area contributed by atoms with Gasteiger partial charge in [0.15, 0.2) is 6.10 Å². The van der Waals surface area contributed by atoms with Crippen molar-refractivity contribution >= 4 is 38.3 Å². The second-order valence-electron chi connectivity index (χ2n) is 4.06. The van der Waals surface area contributed by atoms with Gasteiger partial charge in [-0.25, -0.2) is 0 Å². The monoisotopic (exact) mass is 355 g/mol. The van der Waals surface area contributed by atoms with E-state index in [0.29, 0.717) is 10.9 Å². The van der Waals surface area contributed by atoms with Crippen molar-refractivity contribution in [3.63, 3.8) is 0 Å². The Balaban J connectivity index is 1.93. The van der Waals surface area contributed by atoms with E-state index < -0.39 is 6.10 Å². The minimum atomic E-state index is -0.606. The maximum atomic E-state index is 12.0. The fourth-order valence-electron chi connectivity index (χ4n) is 1.42. The number of rotatable bonds is 5. The number of amides is 1. The Morgan fingerprint density at radius 3 is 2.70 bits per heavy atom. The third kappa shape index (κ3) is 4.01. The Labute approximate surface area is 129 Å². The zero-order valence-electron chi connectivity index (χ0n) is 11.1. The number of hydrogen-bond donors (Lipinski definition) is 1. The third-order valence-corrected chi connectivity index (χ3v) is 4.01. The van der Waals surface area contributed by atoms with Gasteiger partial charge < -0.3 is 4.74 Å². The van der Waals surface area contributed by atoms with Crippen molar-refractivity contribution in [2.75, 3.05) is 5.32 Å². The predicted octanol–water partition coefficient (Wildman–Crippen LogP) is 3.27. The molecule has 7 heteroatoms. The molecule has 20 heavy (non-hydrogen) atoms. The van der Waals surface area contributed by atoms with Gasteiger partial charge in [0.1, 0.15) is 10.8 Å². The molecular weight excluding hydrogens is 342 g/mol. The molecule has 0 unspecified atom stereocenters. The summed E-state index contributed by atoms with van der Waals surface area (Å²) < 4.78 is 6.52. The molecule has 0 bridgehead atoms. The number of aromatic nitrogens is 2. The fraction of sp³-hybridized carbons (Fsp3) is 0.308. The zero-order chi connectivity index (χ0) is 14.5. The molecule has 0 saturated carbocycles. The number of aryl methyl sites for hydroxylation is 1. The van der Waals surface area contributed by atoms with E-state index in [1.165, 1.54) is 11.3 Å². The van der Waals surface area contributed by atoms with Crippen molar-refractivity contribution in [1.29, 1.82) is 0 Å². The number of carbonyl (C=O) groups excluding carboxylic acids is 1. The molecule has 106 valence electrons. The first-order chi connectivity index (χ1) is 9.58. The summed E-state index contributed by atoms with van der Waals surface area (Å²) in [4.78, 5) is 12.0. The lowest BCUT2D eigenvalue weighted by molar-refractivity contribution is -0.122. The van der Waals surface area contributed by atoms with Crippen LogP contribution in [0.25, 0.3) is 0 Å². The molecule has 2 aromatic rings. The van der Waals surface area contributed by atoms with E-state index in [1.807, 2.05) is 19.1 Å². The summed E-state index contributed by atoms with van der Waals surface area (Å²) in [6.07, 6.45) is 0.198. The molecule has 1 amide bonds. The molecule has 0 fully saturated rings. The number of ether oxygens (including phenoxy) is 1. The van der Waals surface area contributed by atoms with Gasteiger partial charge in [-0.05, 0) is 37.6 Å². The highest BCUT2D eigenvalue weighted by molar-refractivity contribution is 9.10. The quantitative estimate of drug-likeness (QED) is 0.893. The molecule has 0 aliphatic heterocycles. The number of hydrogen-bond acceptors (Lipinski definition) is 5. The first kappa shape index (κ1) is 14.9. The highest BCUT2D eigenvalue weighted by atomic mass is 79.9. The molecule has 5 nitrogen and oxygen atoms in total. The largest absolute Gasteiger partial charge is 0.481 e. The highest BCUT2D eigenvalue weighted by Crippen LogP contribution is 2.19. The number of halogens is 1. The van der Waals surface area contributed by atoms with Crippen molar-refractivity contribution in [2.24, 2.45) is 0 Å². The number of nitrogens with zero attached hydrogens (tertiary/aromatic N) is 2. The first-order valence-electron chi connectivity index (χ1n) is 6.14. The van der Waals surface area contributed by atoms with E-state index >= 15 is 0 Å². The normalized spacial score (nSPS) is 11.9. The maximum Gasteiger partial charge on any atom is 0.266 e. The molecule has 0 saturated heterocycles. The smallest absolute Gasteiger partial charge is 0.266 e. The molecule has 0 aliphatic carbocycles. The minimum absolute atomic E-state index is 0.244. The van der Waals surface area contributed by atoms with E-state index in [4.69, 9.17) is 4.74 Å². The van der Waals surface area contributed by atoms with Crippen LogP contribution in [0, 0.1) is 0 Å². The molecule has 1 N–H and O–H groups in total. The lowest BCUT2D eigenvalue weighted by Crippen LogP contribution is -2.30. The van der Waals surface area contributed by atoms with Crippen molar-refractivity contribution in [3.8, 4) is 5.75 Å². The fourth-order valence-corrected chi connectivity index (χ4v) is 2.37. The van der Waals surface area contributed by atoms with Crippen LogP contribution in [0.15, 0.2) is 28.7 Å². The van der Waals surface area contributed by atoms with Crippen LogP contribution in [0.1, 0.15) is 18.9 Å². The van der Waals surface area contributed by atoms with Crippen LogP contribution < -0.4 is 10.1 Å². The Kier molecular flexibility index (Phi) is 5.08. The third-order valence-electron chi connectivity index (χ3n) is 2.50. The van der Waals surface area contributed by atoms with Crippen LogP contribution in [0.3, 0.4) is 0 Å². The van der Waals surface area contributed by atoms with E-state index in [2.05, 4.69) is 31.4 Å². The summed E-state index contributed by atoms with van der Waals surface area (Å²) in [6, 6.07) is 7.32. The molecule has 1 aromatic heterocycles. The number of anilines is 1. The molecule has 1 aromatic carbocycles. The number of carbonyl (C=O) groups is 1. The van der Waals surface area contributed by atoms with Gasteiger partial charge in [0, 0.05) is 4.47 Å². The van der Waals surface area contributed by atoms with Crippen LogP contribution in [-0.4, -0.2) is 22.2 Å². The van der Waals surface area contributed by atoms with E-state index in [0.717, 1.165) is 15.9 Å². The van der Waals surface area contributed by atoms with E-state index in [1.54, 1.807) is 19.1 Å². The molecular formula is C13H14BrN3O2S. The molecule has 0 aliphatic rings. The summed E-state index contributed by atoms with van der Waals surface area (Å²) in [5, 5.41) is 11.9. The SMILES string of the molecule is CCc1nnc(NC(=O)[C@@H](C)Oc2ccc(Br)cc2)s1. The molecule has 0 spiro atoms. The van der Waals surface area contributed by atoms with Crippen molar-refractivity contribution in [3.05, 3.63) is 33.7 Å². The van der Waals surface area contributed by atoms with Crippen molar-refractivity contribution in [1.82, 2.24) is 10.2 Å². The molecule has 2 rings (SSSR count). The predicted molar refractivity (Wildman–Crippen MR) is 82.1 cm³/mol. The Hall–Kier alpha value is -1.47. The van der Waals surface area contributed by atoms with Gasteiger partial charge in [-0.1, -0.05) is 34.2 Å². The second-order valence-corrected chi connectivity index (χ2v) is 6.04. The van der Waals surface area contributed by atoms with Gasteiger partial charge in [-0.3, -0.25) is 10.1 Å². The van der Waals surface area contributed by atoms with Crippen LogP contribution in [-0.2, 0) is 11.2 Å². The summed E-state index contributed by atoms with van der Waals surface area (Å²) in [5.74, 6) is 0.397. The van der Waals surface area contributed by atoms with Gasteiger partial charge in [0.2, 0.25) is 5.13 Å². The second kappa shape index (κ2) is 6.81. The zero-order valence-corrected chi connectivity index (χ0v) is 13.5. The Morgan fingerprint density at radius 1 is 1.40 bits per heavy atom. The van der Waals surface area contributed by atoms with Gasteiger partial charge in [0.05, 0.1) is 0 Å². The first-order valence-corrected chi connectivity index (χ1v) is 7.75. The molecule has 1 heterocycles. The lowest BCUT2D eigenvalue weighted by Gasteiger charge is -2.13. The minimum Gasteiger partial charge on any atom is -0.481 e. The number of benzene rings is 1. The van der Waals surface area contributed by atoms with Gasteiger partial charge in [0.25, 0.3) is 5.91 Å². The standard InChI is InChI=1S/C13H14BrN3O2S/c1-3-11-16-17-13(20-11)15-12(18)8(2)19-10-6-4-9(14)5-7-10/h4-8H,3H2,1-2H3,(H,15,17,18)/t8-/m1/s1. The average Bonchev–Trinajstić information content (AvgIpc) is 2.89. The average molecular weight is 356 g/mol. The van der Waals surface area contributed by atoms with Crippen LogP contribution in [0.4, 0.5) is 5.13 Å². The molecule has 1 atom stereocenters. The molecule has 0 radical (unpaired) electrons. The van der Waals surface area contributed by atoms with E-state index in [-0.39, 0.29) is 5.91 Å². The highest BCUT2D eigenvalue weighted by Gasteiger charge is 2.16. The Morgan fingerprint density at radius 2 is 2.10 bits per heavy atom. The van der Waals surface area contributed by atoms with E-state index in [9.17, 15) is 4.79 Å². The summed E-state index contributed by atoms with van der Waals surface area (Å²) in [5.41, 5.74) is 0.